The highest BCUT2D eigenvalue weighted by Crippen LogP contribution is 2.36. The van der Waals surface area contributed by atoms with Crippen LogP contribution < -0.4 is 10.6 Å². The van der Waals surface area contributed by atoms with Gasteiger partial charge in [0, 0.05) is 49.9 Å². The lowest BCUT2D eigenvalue weighted by atomic mass is 9.89. The van der Waals surface area contributed by atoms with Gasteiger partial charge >= 0.3 is 0 Å². The zero-order valence-corrected chi connectivity index (χ0v) is 19.9. The van der Waals surface area contributed by atoms with Crippen LogP contribution in [0.2, 0.25) is 0 Å². The zero-order valence-electron chi connectivity index (χ0n) is 19.9. The fourth-order valence-corrected chi connectivity index (χ4v) is 5.44. The van der Waals surface area contributed by atoms with E-state index in [-0.39, 0.29) is 35.4 Å². The number of carbonyl (C=O) groups is 3. The van der Waals surface area contributed by atoms with Crippen molar-refractivity contribution in [2.45, 2.75) is 71.6 Å². The van der Waals surface area contributed by atoms with Crippen LogP contribution in [-0.4, -0.2) is 57.1 Å². The van der Waals surface area contributed by atoms with E-state index >= 15 is 0 Å². The lowest BCUT2D eigenvalue weighted by Gasteiger charge is -2.43. The number of ketones is 1. The van der Waals surface area contributed by atoms with Crippen LogP contribution in [0.3, 0.4) is 0 Å². The van der Waals surface area contributed by atoms with E-state index in [0.717, 1.165) is 42.5 Å². The molecule has 0 aromatic carbocycles. The minimum atomic E-state index is -0.375. The number of pyridine rings is 1. The number of amides is 2. The predicted molar refractivity (Wildman–Crippen MR) is 128 cm³/mol. The highest BCUT2D eigenvalue weighted by Gasteiger charge is 2.43. The van der Waals surface area contributed by atoms with E-state index in [1.54, 1.807) is 13.1 Å². The zero-order chi connectivity index (χ0) is 24.0. The molecule has 2 N–H and O–H groups in total. The molecule has 9 heteroatoms. The van der Waals surface area contributed by atoms with Crippen molar-refractivity contribution in [3.8, 4) is 0 Å². The maximum Gasteiger partial charge on any atom is 0.259 e. The normalized spacial score (nSPS) is 22.6. The number of hydrogen-bond acceptors (Lipinski definition) is 7. The standard InChI is InChI=1S/C25H30N6O3/c1-14-19-12-26-25(28-21-9-8-17-13-30(16(3)33)11-10-20(17)27-21)29-23(19)31(18-6-4-5-7-18)24(34)22(14)15(2)32/h8-9,12,18,23H,4-7,10-11,13H2,1-3H3,(H2,26,27,28,29). The summed E-state index contributed by atoms with van der Waals surface area (Å²) in [7, 11) is 0. The largest absolute Gasteiger partial charge is 0.338 e. The summed E-state index contributed by atoms with van der Waals surface area (Å²) in [6, 6.07) is 3.97. The number of nitrogens with zero attached hydrogens (tertiary/aromatic N) is 4. The highest BCUT2D eigenvalue weighted by atomic mass is 16.2. The number of hydrogen-bond donors (Lipinski definition) is 2. The van der Waals surface area contributed by atoms with Crippen LogP contribution in [0.4, 0.5) is 5.82 Å². The summed E-state index contributed by atoms with van der Waals surface area (Å²) in [6.07, 6.45) is 6.11. The van der Waals surface area contributed by atoms with Gasteiger partial charge in [-0.25, -0.2) is 9.98 Å². The quantitative estimate of drug-likeness (QED) is 0.668. The van der Waals surface area contributed by atoms with E-state index in [2.05, 4.69) is 15.6 Å². The van der Waals surface area contributed by atoms with Crippen LogP contribution >= 0.6 is 0 Å². The molecule has 0 spiro atoms. The van der Waals surface area contributed by atoms with Crippen LogP contribution in [0.15, 0.2) is 40.0 Å². The number of fused-ring (bicyclic) bond motifs is 2. The first-order valence-electron chi connectivity index (χ1n) is 11.9. The topological polar surface area (TPSA) is 107 Å². The van der Waals surface area contributed by atoms with Gasteiger partial charge in [-0.15, -0.1) is 0 Å². The summed E-state index contributed by atoms with van der Waals surface area (Å²) < 4.78 is 0. The molecule has 2 amide bonds. The average Bonchev–Trinajstić information content (AvgIpc) is 3.33. The third kappa shape index (κ3) is 3.89. The van der Waals surface area contributed by atoms with E-state index in [1.165, 1.54) is 6.92 Å². The lowest BCUT2D eigenvalue weighted by molar-refractivity contribution is -0.134. The molecule has 1 atom stereocenters. The molecule has 1 aromatic heterocycles. The third-order valence-corrected chi connectivity index (χ3v) is 7.25. The Morgan fingerprint density at radius 1 is 1.18 bits per heavy atom. The Hall–Kier alpha value is -3.49. The molecule has 0 bridgehead atoms. The molecule has 1 aromatic rings. The number of nitrogens with one attached hydrogen (secondary N) is 2. The van der Waals surface area contributed by atoms with Crippen LogP contribution in [0, 0.1) is 0 Å². The minimum Gasteiger partial charge on any atom is -0.338 e. The summed E-state index contributed by atoms with van der Waals surface area (Å²) in [5.74, 6) is 0.831. The summed E-state index contributed by atoms with van der Waals surface area (Å²) in [6.45, 7) is 6.10. The molecule has 0 radical (unpaired) electrons. The van der Waals surface area contributed by atoms with Crippen LogP contribution in [0.25, 0.3) is 0 Å². The summed E-state index contributed by atoms with van der Waals surface area (Å²) in [4.78, 5) is 50.3. The van der Waals surface area contributed by atoms with Gasteiger partial charge in [0.05, 0.1) is 5.57 Å². The Bertz CT molecular complexity index is 1160. The van der Waals surface area contributed by atoms with Crippen LogP contribution in [0.1, 0.15) is 57.7 Å². The number of rotatable bonds is 3. The summed E-state index contributed by atoms with van der Waals surface area (Å²) in [5, 5.41) is 6.65. The molecule has 1 fully saturated rings. The van der Waals surface area contributed by atoms with E-state index in [4.69, 9.17) is 4.98 Å². The van der Waals surface area contributed by atoms with Gasteiger partial charge in [0.15, 0.2) is 5.78 Å². The predicted octanol–water partition coefficient (Wildman–Crippen LogP) is 2.26. The fraction of sp³-hybridized carbons (Fsp3) is 0.480. The minimum absolute atomic E-state index is 0.0716. The molecular weight excluding hydrogens is 432 g/mol. The maximum absolute atomic E-state index is 13.4. The molecule has 5 rings (SSSR count). The number of aromatic nitrogens is 1. The van der Waals surface area contributed by atoms with Crippen molar-refractivity contribution >= 4 is 29.4 Å². The Labute approximate surface area is 199 Å². The second-order valence-electron chi connectivity index (χ2n) is 9.43. The maximum atomic E-state index is 13.4. The molecule has 178 valence electrons. The molecule has 3 aliphatic heterocycles. The van der Waals surface area contributed by atoms with E-state index < -0.39 is 0 Å². The fourth-order valence-electron chi connectivity index (χ4n) is 5.44. The first kappa shape index (κ1) is 22.3. The molecule has 34 heavy (non-hydrogen) atoms. The number of Topliss-reactive ketones (excluding diaryl/α,β-unsaturated/α-hetero) is 1. The Morgan fingerprint density at radius 3 is 2.65 bits per heavy atom. The molecule has 4 aliphatic rings. The van der Waals surface area contributed by atoms with E-state index in [0.29, 0.717) is 36.9 Å². The average molecular weight is 463 g/mol. The highest BCUT2D eigenvalue weighted by molar-refractivity contribution is 6.20. The third-order valence-electron chi connectivity index (χ3n) is 7.25. The SMILES string of the molecule is CC(=O)C1=C(C)C2=CN=C(Nc3ccc4c(n3)CCN(C(C)=O)C4)NC2N(C2CCCC2)C1=O. The van der Waals surface area contributed by atoms with Gasteiger partial charge < -0.3 is 20.4 Å². The molecule has 4 heterocycles. The number of guanidine groups is 1. The second-order valence-corrected chi connectivity index (χ2v) is 9.43. The Kier molecular flexibility index (Phi) is 5.71. The van der Waals surface area contributed by atoms with Crippen LogP contribution in [-0.2, 0) is 27.3 Å². The summed E-state index contributed by atoms with van der Waals surface area (Å²) in [5.41, 5.74) is 3.83. The van der Waals surface area contributed by atoms with Gasteiger partial charge in [-0.1, -0.05) is 18.9 Å². The molecular formula is C25H30N6O3. The molecule has 1 saturated carbocycles. The van der Waals surface area contributed by atoms with Crippen molar-refractivity contribution in [1.29, 1.82) is 0 Å². The van der Waals surface area contributed by atoms with Gasteiger partial charge in [-0.3, -0.25) is 14.4 Å². The molecule has 9 nitrogen and oxygen atoms in total. The van der Waals surface area contributed by atoms with Crippen molar-refractivity contribution in [2.75, 3.05) is 11.9 Å². The Balaban J connectivity index is 1.41. The molecule has 1 unspecified atom stereocenters. The number of carbonyl (C=O) groups excluding carboxylic acids is 3. The van der Waals surface area contributed by atoms with Gasteiger partial charge in [0.25, 0.3) is 5.91 Å². The second kappa shape index (κ2) is 8.70. The van der Waals surface area contributed by atoms with Crippen molar-refractivity contribution in [2.24, 2.45) is 4.99 Å². The monoisotopic (exact) mass is 462 g/mol. The summed E-state index contributed by atoms with van der Waals surface area (Å²) >= 11 is 0. The Morgan fingerprint density at radius 2 is 1.94 bits per heavy atom. The van der Waals surface area contributed by atoms with Crippen molar-refractivity contribution < 1.29 is 14.4 Å². The van der Waals surface area contributed by atoms with Gasteiger partial charge in [-0.2, -0.15) is 0 Å². The molecule has 1 aliphatic carbocycles. The van der Waals surface area contributed by atoms with Crippen LogP contribution in [0.5, 0.6) is 0 Å². The first-order chi connectivity index (χ1) is 16.3. The smallest absolute Gasteiger partial charge is 0.259 e. The lowest BCUT2D eigenvalue weighted by Crippen LogP contribution is -2.60. The van der Waals surface area contributed by atoms with E-state index in [9.17, 15) is 14.4 Å². The van der Waals surface area contributed by atoms with E-state index in [1.807, 2.05) is 28.9 Å². The van der Waals surface area contributed by atoms with Crippen molar-refractivity contribution in [3.63, 3.8) is 0 Å². The van der Waals surface area contributed by atoms with Gasteiger partial charge in [0.2, 0.25) is 11.9 Å². The van der Waals surface area contributed by atoms with Crippen molar-refractivity contribution in [1.82, 2.24) is 20.1 Å². The number of aliphatic imine (C=N–C) groups is 1. The molecule has 0 saturated heterocycles. The van der Waals surface area contributed by atoms with Gasteiger partial charge in [-0.05, 0) is 43.9 Å². The number of anilines is 1. The van der Waals surface area contributed by atoms with Crippen molar-refractivity contribution in [3.05, 3.63) is 46.3 Å². The first-order valence-corrected chi connectivity index (χ1v) is 11.9. The van der Waals surface area contributed by atoms with Gasteiger partial charge in [0.1, 0.15) is 12.0 Å².